The third-order valence-corrected chi connectivity index (χ3v) is 7.57. The van der Waals surface area contributed by atoms with Crippen LogP contribution in [0.2, 0.25) is 0 Å². The Morgan fingerprint density at radius 2 is 1.60 bits per heavy atom. The standard InChI is InChI=1S/C31H40N4O8/c1-20(32-27(37)18-35-11-13-42-14-12-35)29(39)34-24(16-22-9-10-26(41-3)25(36)17-22)30(40)33-23(28(38)31(2)19-43-31)15-21-7-5-4-6-8-21/h4-10,17,20,23-24,36H,11-16,18-19H2,1-3H3,(H,32,37)(H,33,40)(H,34,39). The molecule has 4 N–H and O–H groups in total. The van der Waals surface area contributed by atoms with Gasteiger partial charge in [-0.15, -0.1) is 0 Å². The summed E-state index contributed by atoms with van der Waals surface area (Å²) >= 11 is 0. The first-order chi connectivity index (χ1) is 20.6. The summed E-state index contributed by atoms with van der Waals surface area (Å²) in [7, 11) is 1.42. The SMILES string of the molecule is COc1ccc(CC(NC(=O)C(C)NC(=O)CN2CCOCC2)C(=O)NC(Cc2ccccc2)C(=O)C2(C)CO2)cc1O. The summed E-state index contributed by atoms with van der Waals surface area (Å²) in [6.45, 7) is 5.93. The molecule has 3 amide bonds. The minimum atomic E-state index is -1.13. The van der Waals surface area contributed by atoms with Crippen molar-refractivity contribution in [3.63, 3.8) is 0 Å². The molecule has 2 fully saturated rings. The Hall–Kier alpha value is -4.00. The van der Waals surface area contributed by atoms with Crippen LogP contribution in [-0.4, -0.2) is 104 Å². The molecule has 43 heavy (non-hydrogen) atoms. The molecule has 12 nitrogen and oxygen atoms in total. The summed E-state index contributed by atoms with van der Waals surface area (Å²) in [5.41, 5.74) is 0.417. The molecule has 4 unspecified atom stereocenters. The number of ketones is 1. The number of hydrogen-bond acceptors (Lipinski definition) is 9. The predicted molar refractivity (Wildman–Crippen MR) is 157 cm³/mol. The van der Waals surface area contributed by atoms with E-state index in [0.717, 1.165) is 5.56 Å². The molecule has 2 heterocycles. The number of hydrogen-bond donors (Lipinski definition) is 4. The average molecular weight is 597 g/mol. The van der Waals surface area contributed by atoms with Crippen LogP contribution in [0.15, 0.2) is 48.5 Å². The second kappa shape index (κ2) is 14.5. The van der Waals surface area contributed by atoms with Gasteiger partial charge < -0.3 is 35.3 Å². The second-order valence-corrected chi connectivity index (χ2v) is 11.1. The van der Waals surface area contributed by atoms with Gasteiger partial charge in [0.05, 0.1) is 39.5 Å². The van der Waals surface area contributed by atoms with Gasteiger partial charge in [0.15, 0.2) is 17.3 Å². The van der Waals surface area contributed by atoms with E-state index in [9.17, 15) is 24.3 Å². The van der Waals surface area contributed by atoms with E-state index in [0.29, 0.717) is 31.9 Å². The number of carbonyl (C=O) groups is 4. The second-order valence-electron chi connectivity index (χ2n) is 11.1. The number of nitrogens with zero attached hydrogens (tertiary/aromatic N) is 1. The molecular formula is C31H40N4O8. The van der Waals surface area contributed by atoms with E-state index in [1.54, 1.807) is 19.1 Å². The number of rotatable bonds is 14. The highest BCUT2D eigenvalue weighted by molar-refractivity contribution is 5.98. The summed E-state index contributed by atoms with van der Waals surface area (Å²) in [5.74, 6) is -1.61. The Morgan fingerprint density at radius 3 is 2.23 bits per heavy atom. The van der Waals surface area contributed by atoms with Crippen LogP contribution >= 0.6 is 0 Å². The highest BCUT2D eigenvalue weighted by Gasteiger charge is 2.50. The maximum absolute atomic E-state index is 13.7. The predicted octanol–water partition coefficient (Wildman–Crippen LogP) is 0.351. The van der Waals surface area contributed by atoms with Crippen molar-refractivity contribution in [3.8, 4) is 11.5 Å². The number of Topliss-reactive ketones (excluding diaryl/α,β-unsaturated/α-hetero) is 1. The largest absolute Gasteiger partial charge is 0.504 e. The van der Waals surface area contributed by atoms with Gasteiger partial charge in [0.1, 0.15) is 17.7 Å². The molecule has 2 aromatic carbocycles. The van der Waals surface area contributed by atoms with Gasteiger partial charge in [-0.25, -0.2) is 0 Å². The van der Waals surface area contributed by atoms with Gasteiger partial charge in [-0.1, -0.05) is 36.4 Å². The highest BCUT2D eigenvalue weighted by Crippen LogP contribution is 2.29. The third kappa shape index (κ3) is 8.99. The Balaban J connectivity index is 1.49. The van der Waals surface area contributed by atoms with Crippen molar-refractivity contribution >= 4 is 23.5 Å². The lowest BCUT2D eigenvalue weighted by atomic mass is 9.94. The molecular weight excluding hydrogens is 556 g/mol. The number of methoxy groups -OCH3 is 1. The zero-order valence-electron chi connectivity index (χ0n) is 24.8. The number of epoxide rings is 1. The summed E-state index contributed by atoms with van der Waals surface area (Å²) in [5, 5.41) is 18.5. The van der Waals surface area contributed by atoms with Gasteiger partial charge in [-0.05, 0) is 43.5 Å². The first-order valence-corrected chi connectivity index (χ1v) is 14.4. The van der Waals surface area contributed by atoms with Gasteiger partial charge in [0.2, 0.25) is 17.7 Å². The van der Waals surface area contributed by atoms with Gasteiger partial charge in [0, 0.05) is 19.5 Å². The van der Waals surface area contributed by atoms with Crippen molar-refractivity contribution in [3.05, 3.63) is 59.7 Å². The van der Waals surface area contributed by atoms with Crippen molar-refractivity contribution in [1.29, 1.82) is 0 Å². The monoisotopic (exact) mass is 596 g/mol. The number of phenols is 1. The fraction of sp³-hybridized carbons (Fsp3) is 0.484. The van der Waals surface area contributed by atoms with E-state index in [-0.39, 0.29) is 49.2 Å². The number of carbonyl (C=O) groups excluding carboxylic acids is 4. The summed E-state index contributed by atoms with van der Waals surface area (Å²) < 4.78 is 15.8. The molecule has 2 aromatic rings. The summed E-state index contributed by atoms with van der Waals surface area (Å²) in [6, 6.07) is 11.0. The fourth-order valence-electron chi connectivity index (χ4n) is 4.87. The Morgan fingerprint density at radius 1 is 0.953 bits per heavy atom. The van der Waals surface area contributed by atoms with E-state index in [1.807, 2.05) is 35.2 Å². The number of aromatic hydroxyl groups is 1. The van der Waals surface area contributed by atoms with Crippen LogP contribution in [0.25, 0.3) is 0 Å². The summed E-state index contributed by atoms with van der Waals surface area (Å²) in [6.07, 6.45) is 0.242. The van der Waals surface area contributed by atoms with Crippen LogP contribution in [0.3, 0.4) is 0 Å². The number of amides is 3. The molecule has 0 radical (unpaired) electrons. The average Bonchev–Trinajstić information content (AvgIpc) is 3.75. The molecule has 0 bridgehead atoms. The normalized spacial score (nSPS) is 20.3. The van der Waals surface area contributed by atoms with E-state index >= 15 is 0 Å². The Kier molecular flexibility index (Phi) is 10.7. The fourth-order valence-corrected chi connectivity index (χ4v) is 4.87. The van der Waals surface area contributed by atoms with Gasteiger partial charge >= 0.3 is 0 Å². The molecule has 2 aliphatic heterocycles. The molecule has 2 aliphatic rings. The summed E-state index contributed by atoms with van der Waals surface area (Å²) in [4.78, 5) is 54.8. The molecule has 0 spiro atoms. The molecule has 4 atom stereocenters. The molecule has 0 aromatic heterocycles. The van der Waals surface area contributed by atoms with Gasteiger partial charge in [-0.2, -0.15) is 0 Å². The van der Waals surface area contributed by atoms with Crippen molar-refractivity contribution in [2.75, 3.05) is 46.6 Å². The van der Waals surface area contributed by atoms with E-state index in [2.05, 4.69) is 16.0 Å². The van der Waals surface area contributed by atoms with Crippen LogP contribution in [0, 0.1) is 0 Å². The molecule has 12 heteroatoms. The van der Waals surface area contributed by atoms with E-state index in [1.165, 1.54) is 20.1 Å². The maximum atomic E-state index is 13.7. The number of phenolic OH excluding ortho intramolecular Hbond substituents is 1. The van der Waals surface area contributed by atoms with Crippen LogP contribution in [0.4, 0.5) is 0 Å². The van der Waals surface area contributed by atoms with Crippen LogP contribution in [-0.2, 0) is 41.5 Å². The number of benzene rings is 2. The molecule has 0 aliphatic carbocycles. The smallest absolute Gasteiger partial charge is 0.243 e. The van der Waals surface area contributed by atoms with Crippen molar-refractivity contribution in [2.24, 2.45) is 0 Å². The van der Waals surface area contributed by atoms with Gasteiger partial charge in [0.25, 0.3) is 0 Å². The molecule has 0 saturated carbocycles. The minimum absolute atomic E-state index is 0.00356. The zero-order chi connectivity index (χ0) is 31.0. The molecule has 4 rings (SSSR count). The third-order valence-electron chi connectivity index (χ3n) is 7.57. The first kappa shape index (κ1) is 31.9. The quantitative estimate of drug-likeness (QED) is 0.226. The number of nitrogens with one attached hydrogen (secondary N) is 3. The number of ether oxygens (including phenoxy) is 3. The van der Waals surface area contributed by atoms with Gasteiger partial charge in [-0.3, -0.25) is 24.1 Å². The van der Waals surface area contributed by atoms with Crippen LogP contribution in [0.5, 0.6) is 11.5 Å². The van der Waals surface area contributed by atoms with Crippen molar-refractivity contribution in [1.82, 2.24) is 20.9 Å². The Bertz CT molecular complexity index is 1290. The maximum Gasteiger partial charge on any atom is 0.243 e. The lowest BCUT2D eigenvalue weighted by Gasteiger charge is -2.27. The van der Waals surface area contributed by atoms with Crippen LogP contribution < -0.4 is 20.7 Å². The van der Waals surface area contributed by atoms with E-state index in [4.69, 9.17) is 14.2 Å². The van der Waals surface area contributed by atoms with E-state index < -0.39 is 35.5 Å². The topological polar surface area (TPSA) is 159 Å². The Labute approximate surface area is 251 Å². The van der Waals surface area contributed by atoms with Crippen LogP contribution in [0.1, 0.15) is 25.0 Å². The van der Waals surface area contributed by atoms with Crippen molar-refractivity contribution < 1.29 is 38.5 Å². The lowest BCUT2D eigenvalue weighted by Crippen LogP contribution is -2.57. The lowest BCUT2D eigenvalue weighted by molar-refractivity contribution is -0.134. The molecule has 2 saturated heterocycles. The minimum Gasteiger partial charge on any atom is -0.504 e. The zero-order valence-corrected chi connectivity index (χ0v) is 24.8. The number of morpholine rings is 1. The highest BCUT2D eigenvalue weighted by atomic mass is 16.6. The molecule has 232 valence electrons. The first-order valence-electron chi connectivity index (χ1n) is 14.4. The van der Waals surface area contributed by atoms with Crippen molar-refractivity contribution in [2.45, 2.75) is 50.4 Å².